The summed E-state index contributed by atoms with van der Waals surface area (Å²) >= 11 is 3.45. The minimum absolute atomic E-state index is 0.0615. The van der Waals surface area contributed by atoms with Crippen molar-refractivity contribution in [2.45, 2.75) is 51.4 Å². The number of anilines is 2. The molecule has 2 aromatic carbocycles. The van der Waals surface area contributed by atoms with Crippen LogP contribution in [0.3, 0.4) is 0 Å². The summed E-state index contributed by atoms with van der Waals surface area (Å²) < 4.78 is 1.00. The largest absolute Gasteiger partial charge is 0.399 e. The molecule has 3 aromatic rings. The van der Waals surface area contributed by atoms with Gasteiger partial charge in [0.25, 0.3) is 0 Å². The zero-order valence-corrected chi connectivity index (χ0v) is 21.4. The van der Waals surface area contributed by atoms with Gasteiger partial charge < -0.3 is 11.1 Å². The molecule has 0 atom stereocenters. The Morgan fingerprint density at radius 1 is 0.971 bits per heavy atom. The molecule has 1 amide bonds. The predicted molar refractivity (Wildman–Crippen MR) is 143 cm³/mol. The smallest absolute Gasteiger partial charge is 0.229 e. The van der Waals surface area contributed by atoms with Crippen LogP contribution in [0.5, 0.6) is 0 Å². The van der Waals surface area contributed by atoms with Crippen LogP contribution in [-0.4, -0.2) is 15.9 Å². The molecule has 0 saturated heterocycles. The fourth-order valence-corrected chi connectivity index (χ4v) is 7.54. The second kappa shape index (κ2) is 9.05. The van der Waals surface area contributed by atoms with Gasteiger partial charge in [-0.05, 0) is 97.9 Å². The number of halogens is 1. The summed E-state index contributed by atoms with van der Waals surface area (Å²) in [5.74, 6) is 3.15. The van der Waals surface area contributed by atoms with Crippen LogP contribution in [0, 0.1) is 23.2 Å². The van der Waals surface area contributed by atoms with E-state index in [2.05, 4.69) is 21.2 Å². The van der Waals surface area contributed by atoms with E-state index >= 15 is 0 Å². The number of benzene rings is 2. The van der Waals surface area contributed by atoms with Crippen molar-refractivity contribution in [3.63, 3.8) is 0 Å². The average Bonchev–Trinajstić information content (AvgIpc) is 2.81. The number of nitrogens with two attached hydrogens (primary N) is 1. The standard InChI is InChI=1S/C29H31BrN4O/c30-23-5-1-18(2-6-23)12-27(35)34-28-25(33-26(17-32-28)22-3-7-24(31)8-4-22)16-29-13-19-9-20(14-29)11-21(10-19)15-29/h1-8,17,19-21H,9-16,31H2,(H,32,34,35). The third-order valence-electron chi connectivity index (χ3n) is 8.29. The second-order valence-corrected chi connectivity index (χ2v) is 12.0. The summed E-state index contributed by atoms with van der Waals surface area (Å²) in [7, 11) is 0. The van der Waals surface area contributed by atoms with Gasteiger partial charge in [-0.15, -0.1) is 0 Å². The Labute approximate surface area is 215 Å². The summed E-state index contributed by atoms with van der Waals surface area (Å²) in [6.45, 7) is 0. The Morgan fingerprint density at radius 2 is 1.60 bits per heavy atom. The van der Waals surface area contributed by atoms with Crippen molar-refractivity contribution in [2.75, 3.05) is 11.1 Å². The van der Waals surface area contributed by atoms with Gasteiger partial charge in [0.1, 0.15) is 0 Å². The van der Waals surface area contributed by atoms with E-state index in [9.17, 15) is 4.79 Å². The fraction of sp³-hybridized carbons (Fsp3) is 0.414. The Morgan fingerprint density at radius 3 is 2.23 bits per heavy atom. The lowest BCUT2D eigenvalue weighted by Crippen LogP contribution is -2.47. The number of carbonyl (C=O) groups is 1. The van der Waals surface area contributed by atoms with E-state index in [1.807, 2.05) is 48.5 Å². The van der Waals surface area contributed by atoms with Gasteiger partial charge in [-0.25, -0.2) is 9.97 Å². The third-order valence-corrected chi connectivity index (χ3v) is 8.82. The van der Waals surface area contributed by atoms with Gasteiger partial charge in [0.05, 0.1) is 24.0 Å². The zero-order chi connectivity index (χ0) is 24.0. The van der Waals surface area contributed by atoms with Gasteiger partial charge in [-0.3, -0.25) is 4.79 Å². The van der Waals surface area contributed by atoms with E-state index in [-0.39, 0.29) is 5.91 Å². The van der Waals surface area contributed by atoms with E-state index in [4.69, 9.17) is 15.7 Å². The molecule has 180 valence electrons. The molecule has 0 aliphatic heterocycles. The first-order valence-electron chi connectivity index (χ1n) is 12.7. The van der Waals surface area contributed by atoms with E-state index < -0.39 is 0 Å². The number of hydrogen-bond acceptors (Lipinski definition) is 4. The molecule has 4 saturated carbocycles. The molecule has 35 heavy (non-hydrogen) atoms. The number of hydrogen-bond donors (Lipinski definition) is 2. The Balaban J connectivity index is 1.29. The van der Waals surface area contributed by atoms with Crippen molar-refractivity contribution in [2.24, 2.45) is 23.2 Å². The monoisotopic (exact) mass is 530 g/mol. The number of carbonyl (C=O) groups excluding carboxylic acids is 1. The molecular formula is C29H31BrN4O. The first-order chi connectivity index (χ1) is 16.9. The zero-order valence-electron chi connectivity index (χ0n) is 19.8. The first kappa shape index (κ1) is 22.7. The van der Waals surface area contributed by atoms with Crippen LogP contribution in [0.1, 0.15) is 49.8 Å². The molecule has 3 N–H and O–H groups in total. The molecular weight excluding hydrogens is 500 g/mol. The number of nitrogens with one attached hydrogen (secondary N) is 1. The van der Waals surface area contributed by atoms with E-state index in [1.165, 1.54) is 38.5 Å². The lowest BCUT2D eigenvalue weighted by atomic mass is 9.48. The van der Waals surface area contributed by atoms with Crippen molar-refractivity contribution >= 4 is 33.3 Å². The highest BCUT2D eigenvalue weighted by atomic mass is 79.9. The molecule has 4 aliphatic rings. The third kappa shape index (κ3) is 4.86. The van der Waals surface area contributed by atoms with Gasteiger partial charge in [-0.1, -0.05) is 40.2 Å². The fourth-order valence-electron chi connectivity index (χ4n) is 7.27. The Hall–Kier alpha value is -2.73. The lowest BCUT2D eigenvalue weighted by Gasteiger charge is -2.57. The highest BCUT2D eigenvalue weighted by Crippen LogP contribution is 2.61. The average molecular weight is 531 g/mol. The topological polar surface area (TPSA) is 80.9 Å². The van der Waals surface area contributed by atoms with Gasteiger partial charge in [0.2, 0.25) is 5.91 Å². The van der Waals surface area contributed by atoms with Crippen LogP contribution in [0.15, 0.2) is 59.2 Å². The van der Waals surface area contributed by atoms with E-state index in [1.54, 1.807) is 6.20 Å². The minimum atomic E-state index is -0.0615. The van der Waals surface area contributed by atoms with E-state index in [0.29, 0.717) is 17.7 Å². The molecule has 7 rings (SSSR count). The lowest BCUT2D eigenvalue weighted by molar-refractivity contribution is -0.115. The maximum atomic E-state index is 13.0. The molecule has 6 heteroatoms. The van der Waals surface area contributed by atoms with Gasteiger partial charge >= 0.3 is 0 Å². The van der Waals surface area contributed by atoms with Crippen molar-refractivity contribution in [3.05, 3.63) is 70.5 Å². The van der Waals surface area contributed by atoms with Crippen molar-refractivity contribution in [1.82, 2.24) is 9.97 Å². The highest BCUT2D eigenvalue weighted by Gasteiger charge is 2.51. The van der Waals surface area contributed by atoms with Crippen LogP contribution in [0.2, 0.25) is 0 Å². The molecule has 1 aromatic heterocycles. The molecule has 0 spiro atoms. The van der Waals surface area contributed by atoms with Crippen molar-refractivity contribution < 1.29 is 4.79 Å². The summed E-state index contributed by atoms with van der Waals surface area (Å²) in [6.07, 6.45) is 11.1. The van der Waals surface area contributed by atoms with Gasteiger partial charge in [0, 0.05) is 15.7 Å². The normalized spacial score (nSPS) is 26.6. The van der Waals surface area contributed by atoms with Crippen LogP contribution >= 0.6 is 15.9 Å². The van der Waals surface area contributed by atoms with Gasteiger partial charge in [-0.2, -0.15) is 0 Å². The molecule has 0 unspecified atom stereocenters. The van der Waals surface area contributed by atoms with Gasteiger partial charge in [0.15, 0.2) is 5.82 Å². The van der Waals surface area contributed by atoms with Crippen LogP contribution in [-0.2, 0) is 17.6 Å². The van der Waals surface area contributed by atoms with E-state index in [0.717, 1.165) is 56.8 Å². The maximum Gasteiger partial charge on any atom is 0.229 e. The van der Waals surface area contributed by atoms with Crippen LogP contribution in [0.25, 0.3) is 11.3 Å². The van der Waals surface area contributed by atoms with Crippen LogP contribution in [0.4, 0.5) is 11.5 Å². The molecule has 4 bridgehead atoms. The summed E-state index contributed by atoms with van der Waals surface area (Å²) in [6, 6.07) is 15.6. The highest BCUT2D eigenvalue weighted by molar-refractivity contribution is 9.10. The second-order valence-electron chi connectivity index (χ2n) is 11.1. The summed E-state index contributed by atoms with van der Waals surface area (Å²) in [5, 5.41) is 3.10. The molecule has 1 heterocycles. The summed E-state index contributed by atoms with van der Waals surface area (Å²) in [5.41, 5.74) is 10.6. The van der Waals surface area contributed by atoms with Crippen molar-refractivity contribution in [1.29, 1.82) is 0 Å². The van der Waals surface area contributed by atoms with Crippen molar-refractivity contribution in [3.8, 4) is 11.3 Å². The first-order valence-corrected chi connectivity index (χ1v) is 13.5. The summed E-state index contributed by atoms with van der Waals surface area (Å²) in [4.78, 5) is 22.8. The number of rotatable bonds is 6. The SMILES string of the molecule is Nc1ccc(-c2cnc(NC(=O)Cc3ccc(Br)cc3)c(CC34CC5CC(CC(C5)C3)C4)n2)cc1. The molecule has 4 fully saturated rings. The van der Waals surface area contributed by atoms with Crippen LogP contribution < -0.4 is 11.1 Å². The number of nitrogens with zero attached hydrogens (tertiary/aromatic N) is 2. The number of nitrogen functional groups attached to an aromatic ring is 1. The maximum absolute atomic E-state index is 13.0. The predicted octanol–water partition coefficient (Wildman–Crippen LogP) is 6.43. The Kier molecular flexibility index (Phi) is 5.87. The number of amides is 1. The quantitative estimate of drug-likeness (QED) is 0.360. The Bertz CT molecular complexity index is 1200. The number of aromatic nitrogens is 2. The molecule has 0 radical (unpaired) electrons. The molecule has 5 nitrogen and oxygen atoms in total. The minimum Gasteiger partial charge on any atom is -0.399 e. The molecule has 4 aliphatic carbocycles.